The van der Waals surface area contributed by atoms with Gasteiger partial charge in [-0.15, -0.1) is 0 Å². The van der Waals surface area contributed by atoms with E-state index in [0.29, 0.717) is 11.3 Å². The molecule has 2 N–H and O–H groups in total. The first-order valence-electron chi connectivity index (χ1n) is 7.66. The van der Waals surface area contributed by atoms with Crippen LogP contribution in [0.2, 0.25) is 0 Å². The van der Waals surface area contributed by atoms with E-state index in [1.54, 1.807) is 6.07 Å². The summed E-state index contributed by atoms with van der Waals surface area (Å²) in [7, 11) is 1.52. The number of ether oxygens (including phenoxy) is 1. The number of carbonyl (C=O) groups is 3. The number of aryl methyl sites for hydroxylation is 1. The normalized spacial score (nSPS) is 11.5. The van der Waals surface area contributed by atoms with Gasteiger partial charge in [0.25, 0.3) is 0 Å². The number of hydrogen-bond donors (Lipinski definition) is 2. The maximum Gasteiger partial charge on any atom is 0.326 e. The maximum atomic E-state index is 12.6. The summed E-state index contributed by atoms with van der Waals surface area (Å²) in [5.74, 6) is -1.08. The second-order valence-corrected chi connectivity index (χ2v) is 5.58. The van der Waals surface area contributed by atoms with E-state index >= 15 is 0 Å². The Kier molecular flexibility index (Phi) is 7.23. The molecule has 0 fully saturated rings. The van der Waals surface area contributed by atoms with Crippen molar-refractivity contribution in [3.05, 3.63) is 29.3 Å². The van der Waals surface area contributed by atoms with Gasteiger partial charge in [0.2, 0.25) is 11.8 Å². The zero-order valence-corrected chi connectivity index (χ0v) is 14.5. The van der Waals surface area contributed by atoms with E-state index in [1.807, 2.05) is 19.1 Å². The van der Waals surface area contributed by atoms with Crippen LogP contribution in [0.5, 0.6) is 5.75 Å². The Morgan fingerprint density at radius 1 is 1.33 bits per heavy atom. The van der Waals surface area contributed by atoms with E-state index in [2.05, 4.69) is 5.32 Å². The smallest absolute Gasteiger partial charge is 0.326 e. The van der Waals surface area contributed by atoms with Gasteiger partial charge in [-0.3, -0.25) is 9.59 Å². The lowest BCUT2D eigenvalue weighted by Gasteiger charge is -2.27. The fourth-order valence-electron chi connectivity index (χ4n) is 2.33. The first-order valence-corrected chi connectivity index (χ1v) is 7.66. The Bertz CT molecular complexity index is 615. The van der Waals surface area contributed by atoms with Crippen molar-refractivity contribution in [3.8, 4) is 5.75 Å². The van der Waals surface area contributed by atoms with Gasteiger partial charge in [-0.2, -0.15) is 0 Å². The van der Waals surface area contributed by atoms with Gasteiger partial charge in [0.15, 0.2) is 0 Å². The average molecular weight is 336 g/mol. The molecule has 0 spiro atoms. The van der Waals surface area contributed by atoms with Crippen LogP contribution < -0.4 is 10.1 Å². The van der Waals surface area contributed by atoms with Crippen LogP contribution in [-0.2, 0) is 20.8 Å². The number of benzene rings is 1. The Labute approximate surface area is 141 Å². The minimum atomic E-state index is -1.10. The molecule has 7 heteroatoms. The predicted octanol–water partition coefficient (Wildman–Crippen LogP) is 0.984. The molecule has 0 radical (unpaired) electrons. The fourth-order valence-corrected chi connectivity index (χ4v) is 2.33. The van der Waals surface area contributed by atoms with Crippen molar-refractivity contribution in [3.63, 3.8) is 0 Å². The number of amides is 2. The number of methoxy groups -OCH3 is 1. The Balaban J connectivity index is 2.93. The summed E-state index contributed by atoms with van der Waals surface area (Å²) in [5.41, 5.74) is 1.68. The molecular weight excluding hydrogens is 312 g/mol. The standard InChI is InChI=1S/C17H24N2O5/c1-11-5-6-15(24-4)14(9-11)10-16(21)19(12(2)17(22)23)8-7-18-13(3)20/h5-6,9,12H,7-8,10H2,1-4H3,(H,18,20)(H,22,23). The van der Waals surface area contributed by atoms with Crippen LogP contribution in [0.3, 0.4) is 0 Å². The van der Waals surface area contributed by atoms with Gasteiger partial charge >= 0.3 is 5.97 Å². The molecule has 2 amide bonds. The maximum absolute atomic E-state index is 12.6. The number of hydrogen-bond acceptors (Lipinski definition) is 4. The molecule has 0 aromatic heterocycles. The topological polar surface area (TPSA) is 95.9 Å². The molecule has 1 unspecified atom stereocenters. The van der Waals surface area contributed by atoms with E-state index < -0.39 is 12.0 Å². The van der Waals surface area contributed by atoms with Crippen LogP contribution in [0.15, 0.2) is 18.2 Å². The molecule has 0 saturated carbocycles. The van der Waals surface area contributed by atoms with Gasteiger partial charge in [0.05, 0.1) is 13.5 Å². The molecule has 1 aromatic rings. The quantitative estimate of drug-likeness (QED) is 0.738. The number of aliphatic carboxylic acids is 1. The van der Waals surface area contributed by atoms with E-state index in [1.165, 1.54) is 25.9 Å². The zero-order valence-electron chi connectivity index (χ0n) is 14.5. The fraction of sp³-hybridized carbons (Fsp3) is 0.471. The molecule has 0 bridgehead atoms. The molecule has 7 nitrogen and oxygen atoms in total. The summed E-state index contributed by atoms with van der Waals surface area (Å²) in [6.07, 6.45) is 0.0303. The van der Waals surface area contributed by atoms with Crippen LogP contribution in [0.4, 0.5) is 0 Å². The van der Waals surface area contributed by atoms with Crippen molar-refractivity contribution in [1.82, 2.24) is 10.2 Å². The number of nitrogens with one attached hydrogen (secondary N) is 1. The minimum Gasteiger partial charge on any atom is -0.496 e. The highest BCUT2D eigenvalue weighted by Gasteiger charge is 2.26. The zero-order chi connectivity index (χ0) is 18.3. The lowest BCUT2D eigenvalue weighted by Crippen LogP contribution is -2.47. The van der Waals surface area contributed by atoms with E-state index in [9.17, 15) is 19.5 Å². The third kappa shape index (κ3) is 5.57. The molecule has 0 aliphatic rings. The Morgan fingerprint density at radius 3 is 2.54 bits per heavy atom. The molecule has 1 rings (SSSR count). The van der Waals surface area contributed by atoms with Crippen molar-refractivity contribution < 1.29 is 24.2 Å². The molecule has 132 valence electrons. The first kappa shape index (κ1) is 19.5. The van der Waals surface area contributed by atoms with Crippen molar-refractivity contribution in [2.24, 2.45) is 0 Å². The van der Waals surface area contributed by atoms with E-state index in [4.69, 9.17) is 4.74 Å². The second kappa shape index (κ2) is 8.90. The molecule has 0 aliphatic heterocycles. The van der Waals surface area contributed by atoms with Crippen LogP contribution in [0.25, 0.3) is 0 Å². The number of carboxylic acid groups (broad SMARTS) is 1. The second-order valence-electron chi connectivity index (χ2n) is 5.58. The monoisotopic (exact) mass is 336 g/mol. The van der Waals surface area contributed by atoms with Gasteiger partial charge < -0.3 is 20.1 Å². The number of nitrogens with zero attached hydrogens (tertiary/aromatic N) is 1. The Hall–Kier alpha value is -2.57. The average Bonchev–Trinajstić information content (AvgIpc) is 2.50. The molecular formula is C17H24N2O5. The lowest BCUT2D eigenvalue weighted by molar-refractivity contribution is -0.149. The predicted molar refractivity (Wildman–Crippen MR) is 88.9 cm³/mol. The molecule has 1 aromatic carbocycles. The molecule has 1 atom stereocenters. The van der Waals surface area contributed by atoms with E-state index in [0.717, 1.165) is 5.56 Å². The third-order valence-corrected chi connectivity index (χ3v) is 3.65. The summed E-state index contributed by atoms with van der Waals surface area (Å²) in [5, 5.41) is 11.8. The number of carbonyl (C=O) groups excluding carboxylic acids is 2. The highest BCUT2D eigenvalue weighted by Crippen LogP contribution is 2.21. The van der Waals surface area contributed by atoms with Crippen molar-refractivity contribution >= 4 is 17.8 Å². The largest absolute Gasteiger partial charge is 0.496 e. The van der Waals surface area contributed by atoms with Crippen molar-refractivity contribution in [1.29, 1.82) is 0 Å². The summed E-state index contributed by atoms with van der Waals surface area (Å²) in [4.78, 5) is 36.1. The summed E-state index contributed by atoms with van der Waals surface area (Å²) < 4.78 is 5.26. The number of carboxylic acids is 1. The van der Waals surface area contributed by atoms with Crippen LogP contribution in [-0.4, -0.2) is 54.0 Å². The SMILES string of the molecule is COc1ccc(C)cc1CC(=O)N(CCNC(C)=O)C(C)C(=O)O. The van der Waals surface area contributed by atoms with Crippen LogP contribution >= 0.6 is 0 Å². The van der Waals surface area contributed by atoms with Crippen molar-refractivity contribution in [2.75, 3.05) is 20.2 Å². The molecule has 0 aliphatic carbocycles. The molecule has 0 heterocycles. The minimum absolute atomic E-state index is 0.0303. The van der Waals surface area contributed by atoms with Crippen LogP contribution in [0.1, 0.15) is 25.0 Å². The summed E-state index contributed by atoms with van der Waals surface area (Å²) >= 11 is 0. The van der Waals surface area contributed by atoms with Crippen LogP contribution in [0, 0.1) is 6.92 Å². The van der Waals surface area contributed by atoms with Crippen molar-refractivity contribution in [2.45, 2.75) is 33.2 Å². The first-order chi connectivity index (χ1) is 11.3. The van der Waals surface area contributed by atoms with Gasteiger partial charge in [0, 0.05) is 25.6 Å². The van der Waals surface area contributed by atoms with Gasteiger partial charge in [-0.1, -0.05) is 17.7 Å². The summed E-state index contributed by atoms with van der Waals surface area (Å²) in [6, 6.07) is 4.51. The number of rotatable bonds is 8. The van der Waals surface area contributed by atoms with Gasteiger partial charge in [0.1, 0.15) is 11.8 Å². The van der Waals surface area contributed by atoms with E-state index in [-0.39, 0.29) is 31.3 Å². The Morgan fingerprint density at radius 2 is 2.00 bits per heavy atom. The molecule has 24 heavy (non-hydrogen) atoms. The molecule has 0 saturated heterocycles. The third-order valence-electron chi connectivity index (χ3n) is 3.65. The highest BCUT2D eigenvalue weighted by molar-refractivity contribution is 5.85. The summed E-state index contributed by atoms with van der Waals surface area (Å²) in [6.45, 7) is 5.04. The van der Waals surface area contributed by atoms with Gasteiger partial charge in [-0.25, -0.2) is 4.79 Å². The highest BCUT2D eigenvalue weighted by atomic mass is 16.5. The van der Waals surface area contributed by atoms with Gasteiger partial charge in [-0.05, 0) is 19.9 Å². The lowest BCUT2D eigenvalue weighted by atomic mass is 10.1.